The van der Waals surface area contributed by atoms with Crippen LogP contribution < -0.4 is 0 Å². The second-order valence-electron chi connectivity index (χ2n) is 5.50. The van der Waals surface area contributed by atoms with Crippen LogP contribution in [0.4, 0.5) is 0 Å². The molecule has 2 heteroatoms. The summed E-state index contributed by atoms with van der Waals surface area (Å²) in [6, 6.07) is 18.3. The molecule has 1 aliphatic heterocycles. The summed E-state index contributed by atoms with van der Waals surface area (Å²) in [5.41, 5.74) is 7.93. The molecule has 0 amide bonds. The van der Waals surface area contributed by atoms with Gasteiger partial charge in [-0.2, -0.15) is 0 Å². The maximum absolute atomic E-state index is 2.49. The van der Waals surface area contributed by atoms with E-state index >= 15 is 0 Å². The predicted octanol–water partition coefficient (Wildman–Crippen LogP) is 3.38. The van der Waals surface area contributed by atoms with Crippen LogP contribution >= 0.6 is 0 Å². The molecule has 2 aromatic rings. The molecule has 0 N–H and O–H groups in total. The standard InChI is InChI=1S/C18H12As2/c1-3-7-13-11(5-1)16-12-6-2-4-8-14(12)17(13)18-15(16)9-10-19-20-18/h1-10,16-17H. The molecule has 20 heavy (non-hydrogen) atoms. The molecule has 6 rings (SSSR count). The first-order valence-corrected chi connectivity index (χ1v) is 14.2. The molecular weight excluding hydrogens is 366 g/mol. The van der Waals surface area contributed by atoms with Crippen molar-refractivity contribution in [2.45, 2.75) is 11.8 Å². The van der Waals surface area contributed by atoms with Gasteiger partial charge >= 0.3 is 130 Å². The first-order valence-electron chi connectivity index (χ1n) is 6.94. The summed E-state index contributed by atoms with van der Waals surface area (Å²) in [6.45, 7) is 0. The summed E-state index contributed by atoms with van der Waals surface area (Å²) in [6.07, 6.45) is 2.46. The zero-order chi connectivity index (χ0) is 13.1. The molecular formula is C18H12As2. The van der Waals surface area contributed by atoms with Gasteiger partial charge in [0.1, 0.15) is 0 Å². The minimum atomic E-state index is 0.427. The maximum atomic E-state index is 2.49. The van der Waals surface area contributed by atoms with E-state index in [1.807, 2.05) is 4.36 Å². The van der Waals surface area contributed by atoms with E-state index in [0.29, 0.717) is 38.1 Å². The molecule has 3 aliphatic carbocycles. The van der Waals surface area contributed by atoms with E-state index in [9.17, 15) is 0 Å². The summed E-state index contributed by atoms with van der Waals surface area (Å²) < 4.78 is 1.81. The normalized spacial score (nSPS) is 26.0. The van der Waals surface area contributed by atoms with Crippen LogP contribution in [0, 0.1) is 0 Å². The van der Waals surface area contributed by atoms with Crippen LogP contribution in [0.3, 0.4) is 0 Å². The van der Waals surface area contributed by atoms with Crippen molar-refractivity contribution in [1.29, 1.82) is 0 Å². The van der Waals surface area contributed by atoms with Crippen molar-refractivity contribution in [1.82, 2.24) is 0 Å². The third kappa shape index (κ3) is 1.40. The van der Waals surface area contributed by atoms with Crippen molar-refractivity contribution in [3.05, 3.63) is 91.7 Å². The molecule has 0 nitrogen and oxygen atoms in total. The van der Waals surface area contributed by atoms with E-state index in [1.165, 1.54) is 0 Å². The molecule has 0 aromatic heterocycles. The summed E-state index contributed by atoms with van der Waals surface area (Å²) in [4.78, 5) is 2.49. The van der Waals surface area contributed by atoms with Gasteiger partial charge in [-0.1, -0.05) is 0 Å². The average molecular weight is 378 g/mol. The van der Waals surface area contributed by atoms with Crippen molar-refractivity contribution in [3.8, 4) is 0 Å². The summed E-state index contributed by atoms with van der Waals surface area (Å²) >= 11 is 0.900. The SMILES string of the molecule is C1=CC2=C([As]=[As]1)C1c3ccccc3C2c2ccccc21. The Balaban J connectivity index is 1.91. The molecule has 94 valence electrons. The third-order valence-electron chi connectivity index (χ3n) is 4.60. The van der Waals surface area contributed by atoms with Gasteiger partial charge in [-0.05, 0) is 0 Å². The Bertz CT molecular complexity index is 711. The van der Waals surface area contributed by atoms with Gasteiger partial charge in [0.2, 0.25) is 0 Å². The van der Waals surface area contributed by atoms with Gasteiger partial charge in [-0.25, -0.2) is 0 Å². The third-order valence-corrected chi connectivity index (χ3v) is 12.0. The van der Waals surface area contributed by atoms with Gasteiger partial charge in [0.05, 0.1) is 0 Å². The van der Waals surface area contributed by atoms with E-state index in [1.54, 1.807) is 27.8 Å². The fraction of sp³-hybridized carbons (Fsp3) is 0.111. The van der Waals surface area contributed by atoms with E-state index in [4.69, 9.17) is 0 Å². The monoisotopic (exact) mass is 378 g/mol. The van der Waals surface area contributed by atoms with E-state index in [2.05, 4.69) is 59.5 Å². The van der Waals surface area contributed by atoms with Crippen LogP contribution in [0.1, 0.15) is 34.1 Å². The molecule has 0 spiro atoms. The molecule has 4 aliphatic rings. The van der Waals surface area contributed by atoms with E-state index in [0.717, 1.165) is 0 Å². The first kappa shape index (κ1) is 11.7. The number of allylic oxidation sites excluding steroid dienone is 3. The quantitative estimate of drug-likeness (QED) is 0.617. The Hall–Kier alpha value is -0.963. The number of rotatable bonds is 0. The average Bonchev–Trinajstić information content (AvgIpc) is 2.54. The Morgan fingerprint density at radius 3 is 1.85 bits per heavy atom. The molecule has 0 saturated carbocycles. The fourth-order valence-electron chi connectivity index (χ4n) is 3.86. The Labute approximate surface area is 129 Å². The Morgan fingerprint density at radius 1 is 0.700 bits per heavy atom. The molecule has 1 heterocycles. The topological polar surface area (TPSA) is 0 Å². The van der Waals surface area contributed by atoms with Crippen LogP contribution in [0.2, 0.25) is 0 Å². The summed E-state index contributed by atoms with van der Waals surface area (Å²) in [5.74, 6) is 1.08. The van der Waals surface area contributed by atoms with Gasteiger partial charge in [-0.15, -0.1) is 0 Å². The second-order valence-corrected chi connectivity index (χ2v) is 12.7. The Kier molecular flexibility index (Phi) is 2.49. The molecule has 2 aromatic carbocycles. The van der Waals surface area contributed by atoms with Crippen LogP contribution in [0.25, 0.3) is 0 Å². The molecule has 0 unspecified atom stereocenters. The van der Waals surface area contributed by atoms with Crippen LogP contribution in [0.5, 0.6) is 0 Å². The van der Waals surface area contributed by atoms with Crippen molar-refractivity contribution in [3.63, 3.8) is 0 Å². The zero-order valence-corrected chi connectivity index (χ0v) is 14.6. The van der Waals surface area contributed by atoms with Crippen molar-refractivity contribution < 1.29 is 0 Å². The summed E-state index contributed by atoms with van der Waals surface area (Å²) in [7, 11) is 0. The minimum absolute atomic E-state index is 0.427. The first-order chi connectivity index (χ1) is 9.95. The molecule has 0 radical (unpaired) electrons. The van der Waals surface area contributed by atoms with Crippen LogP contribution in [-0.4, -0.2) is 26.3 Å². The van der Waals surface area contributed by atoms with Gasteiger partial charge in [-0.3, -0.25) is 0 Å². The van der Waals surface area contributed by atoms with E-state index in [-0.39, 0.29) is 0 Å². The molecule has 0 saturated heterocycles. The van der Waals surface area contributed by atoms with Gasteiger partial charge in [0, 0.05) is 0 Å². The summed E-state index contributed by atoms with van der Waals surface area (Å²) in [5, 5.41) is 0. The molecule has 2 bridgehead atoms. The molecule has 0 atom stereocenters. The number of hydrogen-bond acceptors (Lipinski definition) is 0. The fourth-order valence-corrected chi connectivity index (χ4v) is 11.6. The van der Waals surface area contributed by atoms with Crippen molar-refractivity contribution in [2.75, 3.05) is 0 Å². The zero-order valence-electron chi connectivity index (χ0n) is 10.8. The van der Waals surface area contributed by atoms with Crippen molar-refractivity contribution >= 4 is 26.3 Å². The Morgan fingerprint density at radius 2 is 1.25 bits per heavy atom. The van der Waals surface area contributed by atoms with Gasteiger partial charge < -0.3 is 0 Å². The predicted molar refractivity (Wildman–Crippen MR) is 84.2 cm³/mol. The second kappa shape index (κ2) is 4.26. The van der Waals surface area contributed by atoms with E-state index < -0.39 is 0 Å². The number of hydrogen-bond donors (Lipinski definition) is 0. The van der Waals surface area contributed by atoms with Gasteiger partial charge in [0.25, 0.3) is 0 Å². The van der Waals surface area contributed by atoms with Crippen LogP contribution in [-0.2, 0) is 0 Å². The van der Waals surface area contributed by atoms with Gasteiger partial charge in [0.15, 0.2) is 0 Å². The molecule has 0 fully saturated rings. The van der Waals surface area contributed by atoms with Crippen molar-refractivity contribution in [2.24, 2.45) is 0 Å². The number of benzene rings is 2. The van der Waals surface area contributed by atoms with Crippen LogP contribution in [0.15, 0.2) is 69.4 Å².